The highest BCUT2D eigenvalue weighted by atomic mass is 28.3. The SMILES string of the molecule is CCCC=C[Si](C)C. The lowest BCUT2D eigenvalue weighted by Crippen LogP contribution is -1.91. The summed E-state index contributed by atoms with van der Waals surface area (Å²) in [5, 5.41) is 0. The van der Waals surface area contributed by atoms with Crippen molar-refractivity contribution in [3.63, 3.8) is 0 Å². The molecule has 0 saturated heterocycles. The summed E-state index contributed by atoms with van der Waals surface area (Å²) in [7, 11) is -0.0876. The van der Waals surface area contributed by atoms with E-state index in [-0.39, 0.29) is 8.80 Å². The summed E-state index contributed by atoms with van der Waals surface area (Å²) in [5.41, 5.74) is 2.36. The van der Waals surface area contributed by atoms with Gasteiger partial charge in [-0.2, -0.15) is 0 Å². The van der Waals surface area contributed by atoms with Gasteiger partial charge >= 0.3 is 0 Å². The highest BCUT2D eigenvalue weighted by Crippen LogP contribution is 1.90. The summed E-state index contributed by atoms with van der Waals surface area (Å²) in [4.78, 5) is 0. The number of rotatable bonds is 3. The molecule has 0 nitrogen and oxygen atoms in total. The summed E-state index contributed by atoms with van der Waals surface area (Å²) < 4.78 is 0. The molecule has 0 bridgehead atoms. The third-order valence-corrected chi connectivity index (χ3v) is 1.81. The monoisotopic (exact) mass is 127 g/mol. The molecule has 0 amide bonds. The van der Waals surface area contributed by atoms with Crippen molar-refractivity contribution in [2.45, 2.75) is 32.9 Å². The first kappa shape index (κ1) is 7.96. The van der Waals surface area contributed by atoms with Crippen molar-refractivity contribution in [3.8, 4) is 0 Å². The van der Waals surface area contributed by atoms with Crippen molar-refractivity contribution in [1.82, 2.24) is 0 Å². The summed E-state index contributed by atoms with van der Waals surface area (Å²) in [6.07, 6.45) is 4.84. The van der Waals surface area contributed by atoms with Gasteiger partial charge in [-0.15, -0.1) is 5.70 Å². The fraction of sp³-hybridized carbons (Fsp3) is 0.714. The van der Waals surface area contributed by atoms with Gasteiger partial charge in [0, 0.05) is 0 Å². The van der Waals surface area contributed by atoms with Crippen LogP contribution in [0.1, 0.15) is 19.8 Å². The molecule has 0 saturated carbocycles. The first-order chi connectivity index (χ1) is 3.77. The zero-order valence-electron chi connectivity index (χ0n) is 6.07. The second-order valence-corrected chi connectivity index (χ2v) is 4.76. The van der Waals surface area contributed by atoms with Gasteiger partial charge in [0.1, 0.15) is 0 Å². The van der Waals surface area contributed by atoms with Crippen molar-refractivity contribution < 1.29 is 0 Å². The topological polar surface area (TPSA) is 0 Å². The fourth-order valence-electron chi connectivity index (χ4n) is 0.486. The first-order valence-electron chi connectivity index (χ1n) is 3.24. The molecule has 0 heterocycles. The van der Waals surface area contributed by atoms with Crippen LogP contribution in [0.3, 0.4) is 0 Å². The van der Waals surface area contributed by atoms with Crippen molar-refractivity contribution >= 4 is 8.80 Å². The molecule has 0 spiro atoms. The summed E-state index contributed by atoms with van der Waals surface area (Å²) in [6.45, 7) is 6.82. The minimum Gasteiger partial charge on any atom is -0.101 e. The van der Waals surface area contributed by atoms with Gasteiger partial charge in [0.25, 0.3) is 0 Å². The molecule has 0 aromatic carbocycles. The molecule has 47 valence electrons. The van der Waals surface area contributed by atoms with Gasteiger partial charge in [0.2, 0.25) is 0 Å². The Bertz CT molecular complexity index is 64.8. The van der Waals surface area contributed by atoms with Crippen molar-refractivity contribution in [1.29, 1.82) is 0 Å². The normalized spacial score (nSPS) is 11.5. The van der Waals surface area contributed by atoms with Crippen LogP contribution in [-0.4, -0.2) is 8.80 Å². The fourth-order valence-corrected chi connectivity index (χ4v) is 1.12. The molecular weight excluding hydrogens is 112 g/mol. The van der Waals surface area contributed by atoms with Crippen molar-refractivity contribution in [2.24, 2.45) is 0 Å². The molecule has 1 radical (unpaired) electrons. The second-order valence-electron chi connectivity index (χ2n) is 2.27. The quantitative estimate of drug-likeness (QED) is 0.511. The molecule has 0 rings (SSSR count). The Morgan fingerprint density at radius 2 is 2.00 bits per heavy atom. The van der Waals surface area contributed by atoms with E-state index in [4.69, 9.17) is 0 Å². The van der Waals surface area contributed by atoms with Gasteiger partial charge in [-0.3, -0.25) is 0 Å². The average molecular weight is 127 g/mol. The molecule has 0 aromatic heterocycles. The van der Waals surface area contributed by atoms with Crippen LogP contribution >= 0.6 is 0 Å². The molecule has 0 aliphatic rings. The van der Waals surface area contributed by atoms with E-state index in [1.54, 1.807) is 0 Å². The smallest absolute Gasteiger partial charge is 0.0688 e. The Kier molecular flexibility index (Phi) is 5.07. The molecule has 0 aliphatic heterocycles. The van der Waals surface area contributed by atoms with Crippen LogP contribution < -0.4 is 0 Å². The van der Waals surface area contributed by atoms with Gasteiger partial charge in [-0.1, -0.05) is 32.5 Å². The highest BCUT2D eigenvalue weighted by molar-refractivity contribution is 6.61. The standard InChI is InChI=1S/C7H15Si/c1-4-5-6-7-8(2)3/h6-7H,4-5H2,1-3H3. The number of unbranched alkanes of at least 4 members (excludes halogenated alkanes) is 1. The Morgan fingerprint density at radius 1 is 1.38 bits per heavy atom. The van der Waals surface area contributed by atoms with Crippen LogP contribution in [0.4, 0.5) is 0 Å². The predicted octanol–water partition coefficient (Wildman–Crippen LogP) is 2.64. The Labute approximate surface area is 54.2 Å². The summed E-state index contributed by atoms with van der Waals surface area (Å²) in [5.74, 6) is 0. The molecule has 0 aromatic rings. The lowest BCUT2D eigenvalue weighted by molar-refractivity contribution is 0.960. The van der Waals surface area contributed by atoms with Gasteiger partial charge in [-0.25, -0.2) is 0 Å². The van der Waals surface area contributed by atoms with Gasteiger partial charge in [-0.05, 0) is 6.42 Å². The van der Waals surface area contributed by atoms with E-state index in [1.807, 2.05) is 0 Å². The molecule has 1 heteroatoms. The lowest BCUT2D eigenvalue weighted by Gasteiger charge is -1.88. The largest absolute Gasteiger partial charge is 0.101 e. The summed E-state index contributed by atoms with van der Waals surface area (Å²) >= 11 is 0. The Balaban J connectivity index is 3.07. The average Bonchev–Trinajstić information content (AvgIpc) is 1.66. The molecular formula is C7H15Si. The second kappa shape index (κ2) is 5.10. The maximum atomic E-state index is 2.36. The van der Waals surface area contributed by atoms with Crippen LogP contribution in [0.5, 0.6) is 0 Å². The van der Waals surface area contributed by atoms with E-state index in [1.165, 1.54) is 12.8 Å². The number of hydrogen-bond donors (Lipinski definition) is 0. The van der Waals surface area contributed by atoms with Crippen LogP contribution in [0.2, 0.25) is 13.1 Å². The molecule has 0 unspecified atom stereocenters. The molecule has 0 fully saturated rings. The minimum atomic E-state index is -0.0876. The van der Waals surface area contributed by atoms with E-state index in [0.29, 0.717) is 0 Å². The van der Waals surface area contributed by atoms with Gasteiger partial charge in [0.05, 0.1) is 8.80 Å². The lowest BCUT2D eigenvalue weighted by atomic mass is 10.3. The third kappa shape index (κ3) is 5.96. The third-order valence-electron chi connectivity index (χ3n) is 0.907. The Morgan fingerprint density at radius 3 is 2.38 bits per heavy atom. The van der Waals surface area contributed by atoms with Gasteiger partial charge < -0.3 is 0 Å². The van der Waals surface area contributed by atoms with E-state index < -0.39 is 0 Å². The van der Waals surface area contributed by atoms with Crippen molar-refractivity contribution in [2.75, 3.05) is 0 Å². The van der Waals surface area contributed by atoms with E-state index >= 15 is 0 Å². The molecule has 0 N–H and O–H groups in total. The Hall–Kier alpha value is -0.0431. The maximum Gasteiger partial charge on any atom is 0.0688 e. The van der Waals surface area contributed by atoms with Crippen LogP contribution in [0.15, 0.2) is 11.8 Å². The zero-order chi connectivity index (χ0) is 6.41. The maximum absolute atomic E-state index is 2.36. The number of hydrogen-bond acceptors (Lipinski definition) is 0. The first-order valence-corrected chi connectivity index (χ1v) is 5.81. The summed E-state index contributed by atoms with van der Waals surface area (Å²) in [6, 6.07) is 0. The highest BCUT2D eigenvalue weighted by Gasteiger charge is 1.83. The molecule has 0 atom stereocenters. The predicted molar refractivity (Wildman–Crippen MR) is 41.5 cm³/mol. The molecule has 8 heavy (non-hydrogen) atoms. The van der Waals surface area contributed by atoms with Crippen LogP contribution in [0, 0.1) is 0 Å². The zero-order valence-corrected chi connectivity index (χ0v) is 7.07. The van der Waals surface area contributed by atoms with E-state index in [9.17, 15) is 0 Å². The van der Waals surface area contributed by atoms with Crippen LogP contribution in [-0.2, 0) is 0 Å². The van der Waals surface area contributed by atoms with E-state index in [0.717, 1.165) is 0 Å². The van der Waals surface area contributed by atoms with Crippen molar-refractivity contribution in [3.05, 3.63) is 11.8 Å². The van der Waals surface area contributed by atoms with Gasteiger partial charge in [0.15, 0.2) is 0 Å². The van der Waals surface area contributed by atoms with E-state index in [2.05, 4.69) is 31.8 Å². The number of allylic oxidation sites excluding steroid dienone is 1. The van der Waals surface area contributed by atoms with Crippen LogP contribution in [0.25, 0.3) is 0 Å². The molecule has 0 aliphatic carbocycles. The minimum absolute atomic E-state index is 0.0876.